The van der Waals surface area contributed by atoms with Crippen molar-refractivity contribution in [1.82, 2.24) is 0 Å². The third kappa shape index (κ3) is 1.93. The second-order valence-corrected chi connectivity index (χ2v) is 7.17. The molecule has 1 heterocycles. The van der Waals surface area contributed by atoms with E-state index < -0.39 is 40.0 Å². The van der Waals surface area contributed by atoms with Crippen LogP contribution >= 0.6 is 0 Å². The second kappa shape index (κ2) is 4.74. The number of carbonyl (C=O) groups is 2. The van der Waals surface area contributed by atoms with Crippen LogP contribution in [0.1, 0.15) is 39.2 Å². The molecule has 1 aromatic rings. The number of amides is 1. The molecule has 1 aromatic carbocycles. The summed E-state index contributed by atoms with van der Waals surface area (Å²) in [4.78, 5) is 25.0. The van der Waals surface area contributed by atoms with Gasteiger partial charge in [-0.3, -0.25) is 9.59 Å². The number of rotatable bonds is 2. The molecule has 0 spiro atoms. The Hall–Kier alpha value is -2.05. The average Bonchev–Trinajstić information content (AvgIpc) is 2.77. The summed E-state index contributed by atoms with van der Waals surface area (Å²) in [6.45, 7) is 5.24. The molecule has 2 bridgehead atoms. The smallest absolute Gasteiger partial charge is 0.418 e. The van der Waals surface area contributed by atoms with Gasteiger partial charge in [-0.15, -0.1) is 0 Å². The summed E-state index contributed by atoms with van der Waals surface area (Å²) in [5.41, 5.74) is -4.34. The molecule has 1 amide bonds. The molecular formula is C17H18F3NO3. The highest BCUT2D eigenvalue weighted by atomic mass is 19.4. The highest BCUT2D eigenvalue weighted by Gasteiger charge is 2.75. The fraction of sp³-hybridized carbons (Fsp3) is 0.529. The molecule has 130 valence electrons. The third-order valence-corrected chi connectivity index (χ3v) is 5.93. The van der Waals surface area contributed by atoms with Gasteiger partial charge in [-0.25, -0.2) is 0 Å². The van der Waals surface area contributed by atoms with Crippen molar-refractivity contribution < 1.29 is 27.5 Å². The van der Waals surface area contributed by atoms with Gasteiger partial charge in [0.2, 0.25) is 0 Å². The van der Waals surface area contributed by atoms with Gasteiger partial charge in [0.15, 0.2) is 5.60 Å². The van der Waals surface area contributed by atoms with Gasteiger partial charge in [0.25, 0.3) is 5.91 Å². The van der Waals surface area contributed by atoms with E-state index in [0.717, 1.165) is 6.07 Å². The molecule has 1 aliphatic heterocycles. The van der Waals surface area contributed by atoms with Crippen LogP contribution < -0.4 is 5.32 Å². The van der Waals surface area contributed by atoms with Gasteiger partial charge in [-0.05, 0) is 31.9 Å². The lowest BCUT2D eigenvalue weighted by molar-refractivity contribution is -0.166. The lowest BCUT2D eigenvalue weighted by Crippen LogP contribution is -2.50. The van der Waals surface area contributed by atoms with Gasteiger partial charge in [0.1, 0.15) is 0 Å². The van der Waals surface area contributed by atoms with Crippen LogP contribution in [-0.2, 0) is 20.5 Å². The Morgan fingerprint density at radius 2 is 1.79 bits per heavy atom. The number of hydrogen-bond donors (Lipinski definition) is 1. The largest absolute Gasteiger partial charge is 0.448 e. The third-order valence-electron chi connectivity index (χ3n) is 5.93. The number of carbonyl (C=O) groups excluding carboxylic acids is 2. The topological polar surface area (TPSA) is 55.4 Å². The minimum Gasteiger partial charge on any atom is -0.448 e. The van der Waals surface area contributed by atoms with Crippen LogP contribution in [0.2, 0.25) is 0 Å². The molecule has 0 radical (unpaired) electrons. The minimum atomic E-state index is -4.59. The first kappa shape index (κ1) is 16.8. The Bertz CT molecular complexity index is 728. The molecule has 1 N–H and O–H groups in total. The lowest BCUT2D eigenvalue weighted by atomic mass is 9.66. The van der Waals surface area contributed by atoms with Gasteiger partial charge in [0, 0.05) is 5.41 Å². The fourth-order valence-corrected chi connectivity index (χ4v) is 3.81. The number of fused-ring (bicyclic) bond motifs is 2. The highest BCUT2D eigenvalue weighted by Crippen LogP contribution is 2.65. The van der Waals surface area contributed by atoms with E-state index in [1.807, 2.05) is 0 Å². The Morgan fingerprint density at radius 1 is 1.17 bits per heavy atom. The van der Waals surface area contributed by atoms with E-state index in [0.29, 0.717) is 12.8 Å². The maximum absolute atomic E-state index is 13.1. The summed E-state index contributed by atoms with van der Waals surface area (Å²) in [6, 6.07) is 4.75. The number of benzene rings is 1. The first-order valence-electron chi connectivity index (χ1n) is 7.67. The van der Waals surface area contributed by atoms with Gasteiger partial charge in [-0.2, -0.15) is 13.2 Å². The summed E-state index contributed by atoms with van der Waals surface area (Å²) < 4.78 is 44.7. The van der Waals surface area contributed by atoms with Crippen molar-refractivity contribution in [2.75, 3.05) is 5.32 Å². The van der Waals surface area contributed by atoms with Crippen molar-refractivity contribution in [1.29, 1.82) is 0 Å². The van der Waals surface area contributed by atoms with Crippen molar-refractivity contribution >= 4 is 17.6 Å². The zero-order valence-electron chi connectivity index (χ0n) is 13.6. The van der Waals surface area contributed by atoms with Crippen molar-refractivity contribution in [3.8, 4) is 0 Å². The predicted molar refractivity (Wildman–Crippen MR) is 80.0 cm³/mol. The molecule has 2 aliphatic rings. The maximum Gasteiger partial charge on any atom is 0.418 e. The van der Waals surface area contributed by atoms with Crippen LogP contribution in [0.25, 0.3) is 0 Å². The Kier molecular flexibility index (Phi) is 3.32. The zero-order valence-corrected chi connectivity index (χ0v) is 13.6. The molecule has 3 rings (SSSR count). The number of ether oxygens (including phenoxy) is 1. The van der Waals surface area contributed by atoms with Crippen molar-refractivity contribution in [2.45, 2.75) is 45.4 Å². The Labute approximate surface area is 137 Å². The SMILES string of the molecule is CC1(C)[C@]2(C)CC[C@]1(C(=O)Nc1ccccc1C(F)(F)F)OC2=O. The lowest BCUT2D eigenvalue weighted by Gasteiger charge is -2.35. The van der Waals surface area contributed by atoms with Crippen molar-refractivity contribution in [3.05, 3.63) is 29.8 Å². The molecule has 0 unspecified atom stereocenters. The van der Waals surface area contributed by atoms with E-state index in [4.69, 9.17) is 4.74 Å². The van der Waals surface area contributed by atoms with E-state index in [1.54, 1.807) is 20.8 Å². The second-order valence-electron chi connectivity index (χ2n) is 7.17. The molecular weight excluding hydrogens is 323 g/mol. The molecule has 1 saturated heterocycles. The van der Waals surface area contributed by atoms with Gasteiger partial charge in [0.05, 0.1) is 16.7 Å². The minimum absolute atomic E-state index is 0.294. The molecule has 0 aromatic heterocycles. The summed E-state index contributed by atoms with van der Waals surface area (Å²) in [5.74, 6) is -1.18. The van der Waals surface area contributed by atoms with Crippen LogP contribution in [0, 0.1) is 10.8 Å². The molecule has 24 heavy (non-hydrogen) atoms. The summed E-state index contributed by atoms with van der Waals surface area (Å²) >= 11 is 0. The normalized spacial score (nSPS) is 31.0. The quantitative estimate of drug-likeness (QED) is 0.833. The molecule has 1 aliphatic carbocycles. The average molecular weight is 341 g/mol. The Balaban J connectivity index is 1.97. The number of alkyl halides is 3. The number of para-hydroxylation sites is 1. The van der Waals surface area contributed by atoms with Crippen LogP contribution in [0.15, 0.2) is 24.3 Å². The predicted octanol–water partition coefficient (Wildman–Crippen LogP) is 3.77. The first-order valence-corrected chi connectivity index (χ1v) is 7.67. The summed E-state index contributed by atoms with van der Waals surface area (Å²) in [5, 5.41) is 2.33. The maximum atomic E-state index is 13.1. The first-order chi connectivity index (χ1) is 11.0. The standard InChI is InChI=1S/C17H18F3NO3/c1-14(2)15(3)8-9-16(14,24-13(15)23)12(22)21-11-7-5-4-6-10(11)17(18,19)20/h4-7H,8-9H2,1-3H3,(H,21,22)/t15-,16-/m1/s1. The Morgan fingerprint density at radius 3 is 2.29 bits per heavy atom. The van der Waals surface area contributed by atoms with E-state index in [9.17, 15) is 22.8 Å². The molecule has 2 atom stereocenters. The van der Waals surface area contributed by atoms with Crippen LogP contribution in [0.5, 0.6) is 0 Å². The number of hydrogen-bond acceptors (Lipinski definition) is 3. The monoisotopic (exact) mass is 341 g/mol. The number of nitrogens with one attached hydrogen (secondary N) is 1. The van der Waals surface area contributed by atoms with Gasteiger partial charge in [-0.1, -0.05) is 26.0 Å². The molecule has 2 fully saturated rings. The van der Waals surface area contributed by atoms with Gasteiger partial charge >= 0.3 is 12.1 Å². The van der Waals surface area contributed by atoms with Crippen molar-refractivity contribution in [2.24, 2.45) is 10.8 Å². The van der Waals surface area contributed by atoms with Crippen LogP contribution in [-0.4, -0.2) is 17.5 Å². The van der Waals surface area contributed by atoms with E-state index in [2.05, 4.69) is 5.32 Å². The van der Waals surface area contributed by atoms with E-state index in [1.165, 1.54) is 18.2 Å². The summed E-state index contributed by atoms with van der Waals surface area (Å²) in [7, 11) is 0. The zero-order chi connectivity index (χ0) is 18.0. The summed E-state index contributed by atoms with van der Waals surface area (Å²) in [6.07, 6.45) is -3.83. The molecule has 1 saturated carbocycles. The van der Waals surface area contributed by atoms with Crippen molar-refractivity contribution in [3.63, 3.8) is 0 Å². The fourth-order valence-electron chi connectivity index (χ4n) is 3.81. The number of halogens is 3. The molecule has 4 nitrogen and oxygen atoms in total. The highest BCUT2D eigenvalue weighted by molar-refractivity contribution is 6.03. The van der Waals surface area contributed by atoms with Crippen LogP contribution in [0.4, 0.5) is 18.9 Å². The van der Waals surface area contributed by atoms with E-state index >= 15 is 0 Å². The van der Waals surface area contributed by atoms with Gasteiger partial charge < -0.3 is 10.1 Å². The van der Waals surface area contributed by atoms with E-state index in [-0.39, 0.29) is 5.69 Å². The molecule has 7 heteroatoms. The number of anilines is 1. The van der Waals surface area contributed by atoms with Crippen LogP contribution in [0.3, 0.4) is 0 Å². The number of esters is 1.